The minimum absolute atomic E-state index is 0.154. The summed E-state index contributed by atoms with van der Waals surface area (Å²) >= 11 is 0. The fraction of sp³-hybridized carbons (Fsp3) is 0.956. The van der Waals surface area contributed by atoms with Crippen LogP contribution in [0.4, 0.5) is 0 Å². The molecule has 0 aromatic heterocycles. The highest BCUT2D eigenvalue weighted by Gasteiger charge is 2.22. The molecule has 2 unspecified atom stereocenters. The number of quaternary nitrogens is 1. The van der Waals surface area contributed by atoms with E-state index in [1.54, 1.807) is 0 Å². The first-order valence-electron chi connectivity index (χ1n) is 34.2. The van der Waals surface area contributed by atoms with Crippen molar-refractivity contribution in [2.45, 2.75) is 373 Å². The molecule has 0 aliphatic heterocycles. The molecular formula is C68H133NO8. The van der Waals surface area contributed by atoms with E-state index in [-0.39, 0.29) is 32.2 Å². The molecule has 0 saturated heterocycles. The molecule has 0 fully saturated rings. The van der Waals surface area contributed by atoms with Crippen molar-refractivity contribution in [1.82, 2.24) is 0 Å². The molecule has 77 heavy (non-hydrogen) atoms. The van der Waals surface area contributed by atoms with Gasteiger partial charge in [0.25, 0.3) is 0 Å². The van der Waals surface area contributed by atoms with Gasteiger partial charge in [-0.15, -0.1) is 0 Å². The summed E-state index contributed by atoms with van der Waals surface area (Å²) < 4.78 is 22.8. The number of hydrogen-bond acceptors (Lipinski definition) is 8. The fourth-order valence-electron chi connectivity index (χ4n) is 10.6. The Kier molecular flexibility index (Phi) is 59.0. The number of carbonyl (C=O) groups excluding carboxylic acids is 3. The monoisotopic (exact) mass is 1090 g/mol. The van der Waals surface area contributed by atoms with Crippen LogP contribution < -0.4 is 5.11 Å². The van der Waals surface area contributed by atoms with E-state index in [0.29, 0.717) is 17.4 Å². The lowest BCUT2D eigenvalue weighted by atomic mass is 10.0. The summed E-state index contributed by atoms with van der Waals surface area (Å²) in [4.78, 5) is 37.4. The number of ether oxygens (including phenoxy) is 4. The SMILES string of the molecule is CCCCCCCCCCCCCCCCCCCCCCCCCCCCC(=O)OCC(COC(OCC[N+](C)(C)C)C(=O)[O-])OC(=O)CCCCCCCCCCCCCCCCCCCCCCCCCCCC. The molecule has 9 heteroatoms. The van der Waals surface area contributed by atoms with Crippen molar-refractivity contribution in [2.75, 3.05) is 47.5 Å². The average Bonchev–Trinajstić information content (AvgIpc) is 3.40. The Morgan fingerprint density at radius 1 is 0.338 bits per heavy atom. The average molecular weight is 1090 g/mol. The summed E-state index contributed by atoms with van der Waals surface area (Å²) in [5.41, 5.74) is 0. The van der Waals surface area contributed by atoms with Gasteiger partial charge < -0.3 is 33.3 Å². The number of rotatable bonds is 65. The molecular weight excluding hydrogens is 959 g/mol. The van der Waals surface area contributed by atoms with Crippen LogP contribution in [0.1, 0.15) is 361 Å². The van der Waals surface area contributed by atoms with Crippen LogP contribution in [-0.4, -0.2) is 82.3 Å². The molecule has 2 atom stereocenters. The normalized spacial score (nSPS) is 12.6. The van der Waals surface area contributed by atoms with E-state index in [4.69, 9.17) is 18.9 Å². The van der Waals surface area contributed by atoms with Gasteiger partial charge in [-0.25, -0.2) is 0 Å². The van der Waals surface area contributed by atoms with Crippen molar-refractivity contribution < 1.29 is 42.9 Å². The zero-order valence-electron chi connectivity index (χ0n) is 52.4. The number of carboxylic acids is 1. The zero-order valence-corrected chi connectivity index (χ0v) is 52.4. The molecule has 0 radical (unpaired) electrons. The number of carboxylic acid groups (broad SMARTS) is 1. The summed E-state index contributed by atoms with van der Waals surface area (Å²) in [5.74, 6) is -2.24. The number of nitrogens with zero attached hydrogens (tertiary/aromatic N) is 1. The van der Waals surface area contributed by atoms with Crippen molar-refractivity contribution >= 4 is 17.9 Å². The third kappa shape index (κ3) is 61.8. The molecule has 458 valence electrons. The standard InChI is InChI=1S/C68H133NO8/c1-6-8-10-12-14-16-18-20-22-24-26-28-30-32-34-36-38-40-42-44-46-48-50-52-54-56-58-65(70)75-62-64(63-76-68(67(72)73)74-61-60-69(3,4)5)77-66(71)59-57-55-53-51-49-47-45-43-41-39-37-35-33-31-29-27-25-23-21-19-17-15-13-11-9-7-2/h64,68H,6-63H2,1-5H3. The highest BCUT2D eigenvalue weighted by molar-refractivity contribution is 5.70. The maximum atomic E-state index is 12.9. The second-order valence-electron chi connectivity index (χ2n) is 24.8. The minimum Gasteiger partial charge on any atom is -0.545 e. The highest BCUT2D eigenvalue weighted by atomic mass is 16.7. The molecule has 0 heterocycles. The van der Waals surface area contributed by atoms with Gasteiger partial charge >= 0.3 is 11.9 Å². The van der Waals surface area contributed by atoms with Gasteiger partial charge in [-0.1, -0.05) is 335 Å². The third-order valence-corrected chi connectivity index (χ3v) is 15.9. The van der Waals surface area contributed by atoms with Gasteiger partial charge in [0.05, 0.1) is 40.3 Å². The largest absolute Gasteiger partial charge is 0.545 e. The number of likely N-dealkylation sites (N-methyl/N-ethyl adjacent to an activating group) is 1. The number of carbonyl (C=O) groups is 3. The van der Waals surface area contributed by atoms with Crippen LogP contribution in [0.25, 0.3) is 0 Å². The topological polar surface area (TPSA) is 111 Å². The molecule has 0 N–H and O–H groups in total. The quantitative estimate of drug-likeness (QED) is 0.0256. The first kappa shape index (κ1) is 75.3. The predicted molar refractivity (Wildman–Crippen MR) is 325 cm³/mol. The molecule has 0 amide bonds. The van der Waals surface area contributed by atoms with Gasteiger partial charge in [-0.05, 0) is 12.8 Å². The van der Waals surface area contributed by atoms with E-state index in [1.807, 2.05) is 21.1 Å². The lowest BCUT2D eigenvalue weighted by Crippen LogP contribution is -2.44. The van der Waals surface area contributed by atoms with E-state index in [0.717, 1.165) is 38.5 Å². The van der Waals surface area contributed by atoms with Gasteiger partial charge in [0.15, 0.2) is 12.4 Å². The van der Waals surface area contributed by atoms with Crippen molar-refractivity contribution in [3.63, 3.8) is 0 Å². The number of aliphatic carboxylic acids is 1. The molecule has 0 aromatic carbocycles. The molecule has 0 aliphatic rings. The van der Waals surface area contributed by atoms with Crippen molar-refractivity contribution in [1.29, 1.82) is 0 Å². The summed E-state index contributed by atoms with van der Waals surface area (Å²) in [5, 5.41) is 11.8. The van der Waals surface area contributed by atoms with Crippen molar-refractivity contribution in [2.24, 2.45) is 0 Å². The Bertz CT molecular complexity index is 1220. The van der Waals surface area contributed by atoms with Gasteiger partial charge in [0.1, 0.15) is 13.2 Å². The second kappa shape index (κ2) is 60.4. The van der Waals surface area contributed by atoms with Crippen LogP contribution in [0.2, 0.25) is 0 Å². The van der Waals surface area contributed by atoms with E-state index in [1.165, 1.54) is 295 Å². The van der Waals surface area contributed by atoms with Crippen molar-refractivity contribution in [3.05, 3.63) is 0 Å². The molecule has 9 nitrogen and oxygen atoms in total. The third-order valence-electron chi connectivity index (χ3n) is 15.9. The molecule has 0 rings (SSSR count). The van der Waals surface area contributed by atoms with E-state index >= 15 is 0 Å². The summed E-state index contributed by atoms with van der Waals surface area (Å²) in [6, 6.07) is 0. The lowest BCUT2D eigenvalue weighted by molar-refractivity contribution is -0.870. The Morgan fingerprint density at radius 2 is 0.584 bits per heavy atom. The maximum absolute atomic E-state index is 12.9. The van der Waals surface area contributed by atoms with E-state index < -0.39 is 24.3 Å². The molecule has 0 saturated carbocycles. The van der Waals surface area contributed by atoms with Gasteiger partial charge in [-0.2, -0.15) is 0 Å². The second-order valence-corrected chi connectivity index (χ2v) is 24.8. The van der Waals surface area contributed by atoms with Gasteiger partial charge in [0, 0.05) is 12.8 Å². The fourth-order valence-corrected chi connectivity index (χ4v) is 10.6. The summed E-state index contributed by atoms with van der Waals surface area (Å²) in [7, 11) is 5.95. The zero-order chi connectivity index (χ0) is 56.2. The van der Waals surface area contributed by atoms with Crippen LogP contribution in [0.3, 0.4) is 0 Å². The molecule has 0 spiro atoms. The van der Waals surface area contributed by atoms with Gasteiger partial charge in [-0.3, -0.25) is 9.59 Å². The maximum Gasteiger partial charge on any atom is 0.306 e. The number of esters is 2. The first-order valence-corrected chi connectivity index (χ1v) is 34.2. The van der Waals surface area contributed by atoms with Crippen LogP contribution in [0, 0.1) is 0 Å². The van der Waals surface area contributed by atoms with E-state index in [2.05, 4.69) is 13.8 Å². The van der Waals surface area contributed by atoms with Gasteiger partial charge in [0.2, 0.25) is 0 Å². The minimum atomic E-state index is -1.62. The Labute approximate surface area is 479 Å². The summed E-state index contributed by atoms with van der Waals surface area (Å²) in [6.45, 7) is 4.84. The van der Waals surface area contributed by atoms with Crippen LogP contribution in [0.15, 0.2) is 0 Å². The van der Waals surface area contributed by atoms with Crippen molar-refractivity contribution in [3.8, 4) is 0 Å². The molecule has 0 bridgehead atoms. The summed E-state index contributed by atoms with van der Waals surface area (Å²) in [6.07, 6.45) is 67.5. The molecule has 0 aromatic rings. The van der Waals surface area contributed by atoms with Crippen LogP contribution >= 0.6 is 0 Å². The predicted octanol–water partition coefficient (Wildman–Crippen LogP) is 19.4. The smallest absolute Gasteiger partial charge is 0.306 e. The number of hydrogen-bond donors (Lipinski definition) is 0. The Balaban J connectivity index is 4.07. The van der Waals surface area contributed by atoms with E-state index in [9.17, 15) is 19.5 Å². The first-order chi connectivity index (χ1) is 37.6. The molecule has 0 aliphatic carbocycles. The lowest BCUT2D eigenvalue weighted by Gasteiger charge is -2.26. The number of unbranched alkanes of at least 4 members (excludes halogenated alkanes) is 50. The van der Waals surface area contributed by atoms with Crippen LogP contribution in [-0.2, 0) is 33.3 Å². The highest BCUT2D eigenvalue weighted by Crippen LogP contribution is 2.19. The van der Waals surface area contributed by atoms with Crippen LogP contribution in [0.5, 0.6) is 0 Å². The Morgan fingerprint density at radius 3 is 0.831 bits per heavy atom. The Hall–Kier alpha value is -1.71.